The van der Waals surface area contributed by atoms with Gasteiger partial charge in [0.05, 0.1) is 12.1 Å². The summed E-state index contributed by atoms with van der Waals surface area (Å²) in [5, 5.41) is 13.5. The molecule has 21 heavy (non-hydrogen) atoms. The standard InChI is InChI=1S/C16H25N3O.HI/c1-12-6-7-14(10-13(12)2)19-15(17)18-11-16(20)8-4-3-5-9-16;/h6-7,10,20H,3-5,8-9,11H2,1-2H3,(H3,17,18,19);1H. The maximum Gasteiger partial charge on any atom is 0.193 e. The zero-order chi connectivity index (χ0) is 14.6. The molecule has 0 atom stereocenters. The van der Waals surface area contributed by atoms with Crippen LogP contribution in [0.15, 0.2) is 23.2 Å². The number of anilines is 1. The first-order valence-electron chi connectivity index (χ1n) is 7.35. The van der Waals surface area contributed by atoms with Gasteiger partial charge < -0.3 is 16.2 Å². The number of nitrogens with zero attached hydrogens (tertiary/aromatic N) is 1. The Morgan fingerprint density at radius 1 is 1.24 bits per heavy atom. The van der Waals surface area contributed by atoms with E-state index in [1.165, 1.54) is 17.5 Å². The highest BCUT2D eigenvalue weighted by atomic mass is 127. The molecule has 0 radical (unpaired) electrons. The fraction of sp³-hybridized carbons (Fsp3) is 0.562. The molecule has 0 bridgehead atoms. The quantitative estimate of drug-likeness (QED) is 0.412. The predicted molar refractivity (Wildman–Crippen MR) is 99.5 cm³/mol. The van der Waals surface area contributed by atoms with E-state index in [1.807, 2.05) is 12.1 Å². The number of nitrogens with two attached hydrogens (primary N) is 1. The fourth-order valence-electron chi connectivity index (χ4n) is 2.61. The van der Waals surface area contributed by atoms with E-state index in [9.17, 15) is 5.11 Å². The average molecular weight is 403 g/mol. The highest BCUT2D eigenvalue weighted by molar-refractivity contribution is 14.0. The summed E-state index contributed by atoms with van der Waals surface area (Å²) in [5.74, 6) is 0.368. The van der Waals surface area contributed by atoms with Crippen molar-refractivity contribution in [3.8, 4) is 0 Å². The molecule has 1 saturated carbocycles. The normalized spacial score (nSPS) is 18.0. The van der Waals surface area contributed by atoms with E-state index < -0.39 is 5.60 Å². The summed E-state index contributed by atoms with van der Waals surface area (Å²) in [6.45, 7) is 4.53. The van der Waals surface area contributed by atoms with Gasteiger partial charge in [0.15, 0.2) is 5.96 Å². The van der Waals surface area contributed by atoms with Gasteiger partial charge in [-0.2, -0.15) is 0 Å². The molecular formula is C16H26IN3O. The van der Waals surface area contributed by atoms with Crippen molar-refractivity contribution in [1.29, 1.82) is 0 Å². The van der Waals surface area contributed by atoms with E-state index in [1.54, 1.807) is 0 Å². The Hall–Kier alpha value is -0.820. The van der Waals surface area contributed by atoms with Crippen LogP contribution in [0.25, 0.3) is 0 Å². The van der Waals surface area contributed by atoms with Crippen molar-refractivity contribution in [2.75, 3.05) is 11.9 Å². The molecule has 0 amide bonds. The summed E-state index contributed by atoms with van der Waals surface area (Å²) in [5.41, 5.74) is 8.64. The Morgan fingerprint density at radius 3 is 2.52 bits per heavy atom. The first-order valence-corrected chi connectivity index (χ1v) is 7.35. The fourth-order valence-corrected chi connectivity index (χ4v) is 2.61. The Bertz CT molecular complexity index is 496. The Kier molecular flexibility index (Phi) is 6.93. The molecule has 1 aromatic carbocycles. The van der Waals surface area contributed by atoms with Crippen LogP contribution in [0.3, 0.4) is 0 Å². The smallest absolute Gasteiger partial charge is 0.193 e. The third-order valence-electron chi connectivity index (χ3n) is 4.11. The molecule has 1 aliphatic carbocycles. The first kappa shape index (κ1) is 18.2. The number of benzene rings is 1. The lowest BCUT2D eigenvalue weighted by Crippen LogP contribution is -2.36. The van der Waals surface area contributed by atoms with Crippen LogP contribution in [0.2, 0.25) is 0 Å². The van der Waals surface area contributed by atoms with Gasteiger partial charge in [0.1, 0.15) is 0 Å². The number of guanidine groups is 1. The van der Waals surface area contributed by atoms with Gasteiger partial charge in [0, 0.05) is 5.69 Å². The van der Waals surface area contributed by atoms with Gasteiger partial charge in [-0.15, -0.1) is 24.0 Å². The largest absolute Gasteiger partial charge is 0.388 e. The number of aliphatic hydroxyl groups is 1. The van der Waals surface area contributed by atoms with Gasteiger partial charge in [-0.05, 0) is 49.9 Å². The van der Waals surface area contributed by atoms with Gasteiger partial charge in [0.2, 0.25) is 0 Å². The van der Waals surface area contributed by atoms with E-state index in [2.05, 4.69) is 30.2 Å². The molecule has 0 aromatic heterocycles. The van der Waals surface area contributed by atoms with Crippen molar-refractivity contribution in [3.05, 3.63) is 29.3 Å². The molecule has 0 saturated heterocycles. The number of aryl methyl sites for hydroxylation is 2. The zero-order valence-electron chi connectivity index (χ0n) is 12.9. The summed E-state index contributed by atoms with van der Waals surface area (Å²) in [7, 11) is 0. The van der Waals surface area contributed by atoms with E-state index >= 15 is 0 Å². The van der Waals surface area contributed by atoms with Crippen LogP contribution in [0.4, 0.5) is 5.69 Å². The molecule has 2 rings (SSSR count). The van der Waals surface area contributed by atoms with Crippen LogP contribution in [0.5, 0.6) is 0 Å². The summed E-state index contributed by atoms with van der Waals surface area (Å²) in [6.07, 6.45) is 5.02. The molecule has 5 heteroatoms. The van der Waals surface area contributed by atoms with Gasteiger partial charge in [-0.25, -0.2) is 0 Å². The average Bonchev–Trinajstić information content (AvgIpc) is 2.42. The number of hydrogen-bond donors (Lipinski definition) is 3. The minimum atomic E-state index is -0.659. The molecule has 1 aromatic rings. The molecular weight excluding hydrogens is 377 g/mol. The molecule has 1 fully saturated rings. The molecule has 118 valence electrons. The Morgan fingerprint density at radius 2 is 1.90 bits per heavy atom. The zero-order valence-corrected chi connectivity index (χ0v) is 15.2. The lowest BCUT2D eigenvalue weighted by atomic mass is 9.85. The lowest BCUT2D eigenvalue weighted by molar-refractivity contribution is 0.0132. The first-order chi connectivity index (χ1) is 9.48. The monoisotopic (exact) mass is 403 g/mol. The summed E-state index contributed by atoms with van der Waals surface area (Å²) >= 11 is 0. The van der Waals surface area contributed by atoms with Gasteiger partial charge in [0.25, 0.3) is 0 Å². The van der Waals surface area contributed by atoms with Gasteiger partial charge >= 0.3 is 0 Å². The summed E-state index contributed by atoms with van der Waals surface area (Å²) in [4.78, 5) is 4.30. The topological polar surface area (TPSA) is 70.6 Å². The van der Waals surface area contributed by atoms with Crippen molar-refractivity contribution in [1.82, 2.24) is 0 Å². The maximum absolute atomic E-state index is 10.4. The van der Waals surface area contributed by atoms with Gasteiger partial charge in [-0.1, -0.05) is 25.3 Å². The minimum Gasteiger partial charge on any atom is -0.388 e. The number of rotatable bonds is 3. The molecule has 4 N–H and O–H groups in total. The molecule has 4 nitrogen and oxygen atoms in total. The maximum atomic E-state index is 10.4. The van der Waals surface area contributed by atoms with Crippen molar-refractivity contribution in [2.45, 2.75) is 51.6 Å². The van der Waals surface area contributed by atoms with Crippen molar-refractivity contribution >= 4 is 35.6 Å². The predicted octanol–water partition coefficient (Wildman–Crippen LogP) is 3.34. The second-order valence-corrected chi connectivity index (χ2v) is 5.91. The number of nitrogens with one attached hydrogen (secondary N) is 1. The van der Waals surface area contributed by atoms with Crippen LogP contribution in [0, 0.1) is 13.8 Å². The van der Waals surface area contributed by atoms with Crippen molar-refractivity contribution in [2.24, 2.45) is 10.7 Å². The van der Waals surface area contributed by atoms with Crippen LogP contribution in [-0.4, -0.2) is 23.2 Å². The lowest BCUT2D eigenvalue weighted by Gasteiger charge is -2.30. The molecule has 0 spiro atoms. The minimum absolute atomic E-state index is 0. The molecule has 0 unspecified atom stereocenters. The van der Waals surface area contributed by atoms with Crippen LogP contribution in [-0.2, 0) is 0 Å². The van der Waals surface area contributed by atoms with Crippen LogP contribution < -0.4 is 11.1 Å². The van der Waals surface area contributed by atoms with E-state index in [0.717, 1.165) is 31.4 Å². The number of hydrogen-bond acceptors (Lipinski definition) is 2. The third kappa shape index (κ3) is 5.47. The van der Waals surface area contributed by atoms with E-state index in [4.69, 9.17) is 5.73 Å². The number of aliphatic imine (C=N–C) groups is 1. The highest BCUT2D eigenvalue weighted by Gasteiger charge is 2.28. The molecule has 0 aliphatic heterocycles. The second kappa shape index (κ2) is 7.98. The summed E-state index contributed by atoms with van der Waals surface area (Å²) in [6, 6.07) is 6.09. The molecule has 1 aliphatic rings. The second-order valence-electron chi connectivity index (χ2n) is 5.91. The Balaban J connectivity index is 0.00000220. The Labute approximate surface area is 144 Å². The third-order valence-corrected chi connectivity index (χ3v) is 4.11. The van der Waals surface area contributed by atoms with Crippen molar-refractivity contribution < 1.29 is 5.11 Å². The van der Waals surface area contributed by atoms with Crippen LogP contribution in [0.1, 0.15) is 43.2 Å². The van der Waals surface area contributed by atoms with Gasteiger partial charge in [-0.3, -0.25) is 4.99 Å². The SMILES string of the molecule is Cc1ccc(NC(N)=NCC2(O)CCCCC2)cc1C.I. The highest BCUT2D eigenvalue weighted by Crippen LogP contribution is 2.28. The van der Waals surface area contributed by atoms with Crippen molar-refractivity contribution in [3.63, 3.8) is 0 Å². The van der Waals surface area contributed by atoms with Crippen LogP contribution >= 0.6 is 24.0 Å². The van der Waals surface area contributed by atoms with E-state index in [-0.39, 0.29) is 24.0 Å². The molecule has 0 heterocycles. The summed E-state index contributed by atoms with van der Waals surface area (Å²) < 4.78 is 0. The number of halogens is 1. The van der Waals surface area contributed by atoms with E-state index in [0.29, 0.717) is 12.5 Å².